The molecule has 3 nitrogen and oxygen atoms in total. The summed E-state index contributed by atoms with van der Waals surface area (Å²) in [5.74, 6) is -0.984. The van der Waals surface area contributed by atoms with Gasteiger partial charge in [-0.15, -0.1) is 0 Å². The Labute approximate surface area is 182 Å². The number of alkyl halides is 3. The highest BCUT2D eigenvalue weighted by molar-refractivity contribution is 5.99. The molecule has 7 heteroatoms. The van der Waals surface area contributed by atoms with Crippen molar-refractivity contribution in [2.75, 3.05) is 5.32 Å². The van der Waals surface area contributed by atoms with E-state index in [1.807, 2.05) is 30.3 Å². The molecule has 4 rings (SSSR count). The number of halogens is 4. The minimum Gasteiger partial charge on any atom is -0.326 e. The minimum atomic E-state index is -4.72. The first-order valence-electron chi connectivity index (χ1n) is 9.95. The van der Waals surface area contributed by atoms with Crippen LogP contribution in [0.25, 0.3) is 0 Å². The van der Waals surface area contributed by atoms with E-state index in [4.69, 9.17) is 5.26 Å². The van der Waals surface area contributed by atoms with E-state index < -0.39 is 28.6 Å². The smallest absolute Gasteiger partial charge is 0.326 e. The Hall–Kier alpha value is -3.66. The molecule has 1 saturated carbocycles. The number of nitrogens with zero attached hydrogens (tertiary/aromatic N) is 1. The molecular formula is C25H18F4N2O. The van der Waals surface area contributed by atoms with Gasteiger partial charge in [-0.3, -0.25) is 4.79 Å². The molecule has 0 bridgehead atoms. The van der Waals surface area contributed by atoms with Crippen molar-refractivity contribution < 1.29 is 22.4 Å². The summed E-state index contributed by atoms with van der Waals surface area (Å²) in [4.78, 5) is 13.3. The van der Waals surface area contributed by atoms with Gasteiger partial charge in [0.2, 0.25) is 5.91 Å². The number of hydrogen-bond donors (Lipinski definition) is 1. The van der Waals surface area contributed by atoms with E-state index in [-0.39, 0.29) is 17.4 Å². The number of benzene rings is 3. The molecule has 0 aliphatic heterocycles. The number of nitrogens with one attached hydrogen (secondary N) is 1. The number of anilines is 1. The summed E-state index contributed by atoms with van der Waals surface area (Å²) in [7, 11) is 0. The lowest BCUT2D eigenvalue weighted by atomic mass is 9.90. The fourth-order valence-corrected chi connectivity index (χ4v) is 4.13. The SMILES string of the molecule is N#Cc1ccc(NC(=O)C2(Cc3ccccc3)CC2c2ccc(F)cc2)cc1C(F)(F)F. The largest absolute Gasteiger partial charge is 0.417 e. The molecule has 1 amide bonds. The van der Waals surface area contributed by atoms with Crippen molar-refractivity contribution in [1.29, 1.82) is 5.26 Å². The van der Waals surface area contributed by atoms with Gasteiger partial charge >= 0.3 is 6.18 Å². The average molecular weight is 438 g/mol. The zero-order chi connectivity index (χ0) is 22.9. The second-order valence-electron chi connectivity index (χ2n) is 7.95. The monoisotopic (exact) mass is 438 g/mol. The maximum Gasteiger partial charge on any atom is 0.417 e. The van der Waals surface area contributed by atoms with Gasteiger partial charge in [0, 0.05) is 5.69 Å². The van der Waals surface area contributed by atoms with E-state index in [1.54, 1.807) is 12.1 Å². The zero-order valence-corrected chi connectivity index (χ0v) is 16.8. The number of hydrogen-bond acceptors (Lipinski definition) is 2. The van der Waals surface area contributed by atoms with Crippen molar-refractivity contribution in [3.8, 4) is 6.07 Å². The molecule has 1 N–H and O–H groups in total. The number of nitriles is 1. The van der Waals surface area contributed by atoms with Crippen LogP contribution < -0.4 is 5.32 Å². The van der Waals surface area contributed by atoms with Gasteiger partial charge in [0.05, 0.1) is 22.6 Å². The standard InChI is InChI=1S/C25H18F4N2O/c26-19-9-6-17(7-10-19)22-14-24(22,13-16-4-2-1-3-5-16)23(32)31-20-11-8-18(15-30)21(12-20)25(27,28)29/h1-12,22H,13-14H2,(H,31,32). The molecule has 0 aromatic heterocycles. The van der Waals surface area contributed by atoms with Crippen LogP contribution in [0.15, 0.2) is 72.8 Å². The van der Waals surface area contributed by atoms with Crippen molar-refractivity contribution >= 4 is 11.6 Å². The topological polar surface area (TPSA) is 52.9 Å². The summed E-state index contributed by atoms with van der Waals surface area (Å²) in [6.07, 6.45) is -3.84. The van der Waals surface area contributed by atoms with Crippen LogP contribution in [0, 0.1) is 22.6 Å². The van der Waals surface area contributed by atoms with Crippen molar-refractivity contribution in [3.05, 3.63) is 101 Å². The van der Waals surface area contributed by atoms with Gasteiger partial charge in [-0.05, 0) is 60.2 Å². The summed E-state index contributed by atoms with van der Waals surface area (Å²) in [6, 6.07) is 19.9. The average Bonchev–Trinajstić information content (AvgIpc) is 3.49. The Morgan fingerprint density at radius 2 is 1.75 bits per heavy atom. The first-order chi connectivity index (χ1) is 15.2. The van der Waals surface area contributed by atoms with Crippen LogP contribution in [0.4, 0.5) is 23.2 Å². The van der Waals surface area contributed by atoms with E-state index in [2.05, 4.69) is 5.32 Å². The molecule has 2 atom stereocenters. The van der Waals surface area contributed by atoms with E-state index >= 15 is 0 Å². The molecule has 0 saturated heterocycles. The number of carbonyl (C=O) groups excluding carboxylic acids is 1. The molecule has 3 aromatic carbocycles. The highest BCUT2D eigenvalue weighted by atomic mass is 19.4. The Bertz CT molecular complexity index is 1180. The summed E-state index contributed by atoms with van der Waals surface area (Å²) < 4.78 is 53.3. The first kappa shape index (κ1) is 21.6. The fourth-order valence-electron chi connectivity index (χ4n) is 4.13. The molecule has 162 valence electrons. The van der Waals surface area contributed by atoms with E-state index in [0.29, 0.717) is 12.8 Å². The Balaban J connectivity index is 1.65. The molecule has 1 aliphatic rings. The molecule has 2 unspecified atom stereocenters. The minimum absolute atomic E-state index is 0.0292. The van der Waals surface area contributed by atoms with E-state index in [0.717, 1.165) is 23.3 Å². The first-order valence-corrected chi connectivity index (χ1v) is 9.95. The Morgan fingerprint density at radius 1 is 1.06 bits per heavy atom. The van der Waals surface area contributed by atoms with Crippen LogP contribution in [-0.2, 0) is 17.4 Å². The molecule has 0 spiro atoms. The zero-order valence-electron chi connectivity index (χ0n) is 16.8. The predicted molar refractivity (Wildman–Crippen MR) is 111 cm³/mol. The van der Waals surface area contributed by atoms with Crippen LogP contribution in [-0.4, -0.2) is 5.91 Å². The number of carbonyl (C=O) groups is 1. The summed E-state index contributed by atoms with van der Waals surface area (Å²) in [6.45, 7) is 0. The number of rotatable bonds is 5. The van der Waals surface area contributed by atoms with Gasteiger partial charge in [-0.2, -0.15) is 18.4 Å². The van der Waals surface area contributed by atoms with Crippen LogP contribution in [0.3, 0.4) is 0 Å². The predicted octanol–water partition coefficient (Wildman–Crippen LogP) is 6.07. The molecule has 0 heterocycles. The third-order valence-corrected chi connectivity index (χ3v) is 5.87. The lowest BCUT2D eigenvalue weighted by Gasteiger charge is -2.19. The second-order valence-corrected chi connectivity index (χ2v) is 7.95. The lowest BCUT2D eigenvalue weighted by Crippen LogP contribution is -2.28. The maximum absolute atomic E-state index is 13.4. The van der Waals surface area contributed by atoms with Gasteiger partial charge in [0.15, 0.2) is 0 Å². The molecule has 32 heavy (non-hydrogen) atoms. The molecule has 0 radical (unpaired) electrons. The summed E-state index contributed by atoms with van der Waals surface area (Å²) in [5.41, 5.74) is -0.786. The summed E-state index contributed by atoms with van der Waals surface area (Å²) in [5, 5.41) is 11.6. The second kappa shape index (κ2) is 8.12. The lowest BCUT2D eigenvalue weighted by molar-refractivity contribution is -0.137. The van der Waals surface area contributed by atoms with Gasteiger partial charge in [-0.25, -0.2) is 4.39 Å². The van der Waals surface area contributed by atoms with Crippen molar-refractivity contribution in [2.45, 2.75) is 24.9 Å². The summed E-state index contributed by atoms with van der Waals surface area (Å²) >= 11 is 0. The van der Waals surface area contributed by atoms with E-state index in [1.165, 1.54) is 24.3 Å². The van der Waals surface area contributed by atoms with Crippen LogP contribution in [0.2, 0.25) is 0 Å². The van der Waals surface area contributed by atoms with Crippen LogP contribution in [0.5, 0.6) is 0 Å². The third kappa shape index (κ3) is 4.22. The molecule has 1 fully saturated rings. The van der Waals surface area contributed by atoms with Crippen LogP contribution >= 0.6 is 0 Å². The number of amides is 1. The Morgan fingerprint density at radius 3 is 2.38 bits per heavy atom. The molecule has 1 aliphatic carbocycles. The van der Waals surface area contributed by atoms with Gasteiger partial charge < -0.3 is 5.32 Å². The highest BCUT2D eigenvalue weighted by Gasteiger charge is 2.60. The highest BCUT2D eigenvalue weighted by Crippen LogP contribution is 2.61. The Kier molecular flexibility index (Phi) is 5.47. The van der Waals surface area contributed by atoms with Gasteiger partial charge in [0.1, 0.15) is 5.82 Å². The van der Waals surface area contributed by atoms with Gasteiger partial charge in [0.25, 0.3) is 0 Å². The van der Waals surface area contributed by atoms with Crippen molar-refractivity contribution in [2.24, 2.45) is 5.41 Å². The van der Waals surface area contributed by atoms with Crippen molar-refractivity contribution in [3.63, 3.8) is 0 Å². The van der Waals surface area contributed by atoms with Crippen LogP contribution in [0.1, 0.15) is 34.6 Å². The third-order valence-electron chi connectivity index (χ3n) is 5.87. The van der Waals surface area contributed by atoms with E-state index in [9.17, 15) is 22.4 Å². The van der Waals surface area contributed by atoms with Crippen molar-refractivity contribution in [1.82, 2.24) is 0 Å². The maximum atomic E-state index is 13.4. The van der Waals surface area contributed by atoms with Gasteiger partial charge in [-0.1, -0.05) is 42.5 Å². The normalized spacial score (nSPS) is 19.8. The fraction of sp³-hybridized carbons (Fsp3) is 0.200. The molecule has 3 aromatic rings. The quantitative estimate of drug-likeness (QED) is 0.492. The molecular weight excluding hydrogens is 420 g/mol.